The summed E-state index contributed by atoms with van der Waals surface area (Å²) in [7, 11) is 2.15. The van der Waals surface area contributed by atoms with E-state index < -0.39 is 18.0 Å². The molecule has 1 amide bonds. The summed E-state index contributed by atoms with van der Waals surface area (Å²) in [6.45, 7) is 8.72. The fourth-order valence-corrected chi connectivity index (χ4v) is 6.10. The lowest BCUT2D eigenvalue weighted by molar-refractivity contribution is -0.183. The molecule has 11 heteroatoms. The lowest BCUT2D eigenvalue weighted by Crippen LogP contribution is -2.54. The zero-order chi connectivity index (χ0) is 27.9. The van der Waals surface area contributed by atoms with Gasteiger partial charge >= 0.3 is 6.18 Å². The molecule has 1 N–H and O–H groups in total. The molecule has 0 radical (unpaired) electrons. The number of nitrogens with one attached hydrogen (secondary N) is 1. The Hall–Kier alpha value is -2.43. The van der Waals surface area contributed by atoms with Crippen LogP contribution in [-0.4, -0.2) is 75.3 Å². The van der Waals surface area contributed by atoms with Crippen molar-refractivity contribution >= 4 is 17.5 Å². The minimum Gasteiger partial charge on any atom is -0.355 e. The minimum absolute atomic E-state index is 0.119. The zero-order valence-electron chi connectivity index (χ0n) is 23.6. The first-order chi connectivity index (χ1) is 18.5. The number of carbonyl (C=O) groups is 1. The third kappa shape index (κ3) is 6.02. The first-order valence-corrected chi connectivity index (χ1v) is 14.6. The van der Waals surface area contributed by atoms with E-state index in [2.05, 4.69) is 42.9 Å². The number of nitrogens with zero attached hydrogens (tertiary/aromatic N) is 6. The molecule has 1 spiro atoms. The lowest BCUT2D eigenvalue weighted by atomic mass is 9.86. The Morgan fingerprint density at radius 2 is 1.95 bits per heavy atom. The van der Waals surface area contributed by atoms with Gasteiger partial charge in [-0.05, 0) is 38.6 Å². The van der Waals surface area contributed by atoms with Gasteiger partial charge in [0.05, 0.1) is 17.8 Å². The average molecular weight is 550 g/mol. The maximum atomic E-state index is 13.5. The van der Waals surface area contributed by atoms with Crippen molar-refractivity contribution in [2.45, 2.75) is 89.8 Å². The second kappa shape index (κ2) is 10.9. The van der Waals surface area contributed by atoms with Crippen LogP contribution >= 0.6 is 0 Å². The molecular formula is C28H42F3N7O. The van der Waals surface area contributed by atoms with E-state index in [1.165, 1.54) is 12.8 Å². The molecule has 1 saturated carbocycles. The van der Waals surface area contributed by atoms with Crippen LogP contribution < -0.4 is 10.2 Å². The summed E-state index contributed by atoms with van der Waals surface area (Å²) in [5.74, 6) is -0.580. The average Bonchev–Trinajstić information content (AvgIpc) is 3.54. The van der Waals surface area contributed by atoms with E-state index in [1.54, 1.807) is 4.52 Å². The third-order valence-corrected chi connectivity index (χ3v) is 9.41. The summed E-state index contributed by atoms with van der Waals surface area (Å²) in [5.41, 5.74) is 1.61. The van der Waals surface area contributed by atoms with E-state index >= 15 is 0 Å². The van der Waals surface area contributed by atoms with Crippen molar-refractivity contribution in [3.63, 3.8) is 0 Å². The van der Waals surface area contributed by atoms with Gasteiger partial charge in [0.2, 0.25) is 5.91 Å². The molecule has 2 aliphatic heterocycles. The Morgan fingerprint density at radius 1 is 1.18 bits per heavy atom. The van der Waals surface area contributed by atoms with Gasteiger partial charge in [-0.15, -0.1) is 0 Å². The van der Waals surface area contributed by atoms with Crippen molar-refractivity contribution in [1.82, 2.24) is 29.8 Å². The molecule has 39 heavy (non-hydrogen) atoms. The maximum Gasteiger partial charge on any atom is 0.393 e. The van der Waals surface area contributed by atoms with Crippen molar-refractivity contribution in [3.8, 4) is 0 Å². The smallest absolute Gasteiger partial charge is 0.355 e. The summed E-state index contributed by atoms with van der Waals surface area (Å²) in [4.78, 5) is 27.0. The Kier molecular flexibility index (Phi) is 7.83. The van der Waals surface area contributed by atoms with E-state index in [0.29, 0.717) is 23.2 Å². The predicted molar refractivity (Wildman–Crippen MR) is 144 cm³/mol. The van der Waals surface area contributed by atoms with Gasteiger partial charge in [-0.25, -0.2) is 9.50 Å². The molecule has 0 aromatic carbocycles. The summed E-state index contributed by atoms with van der Waals surface area (Å²) in [5, 5.41) is 7.33. The first-order valence-electron chi connectivity index (χ1n) is 14.6. The largest absolute Gasteiger partial charge is 0.393 e. The summed E-state index contributed by atoms with van der Waals surface area (Å²) in [6, 6.07) is 0. The molecule has 8 nitrogen and oxygen atoms in total. The number of fused-ring (bicyclic) bond motifs is 1. The number of piperazine rings is 1. The van der Waals surface area contributed by atoms with E-state index in [-0.39, 0.29) is 36.8 Å². The molecule has 1 aliphatic carbocycles. The molecule has 0 bridgehead atoms. The quantitative estimate of drug-likeness (QED) is 0.493. The number of hydrogen-bond donors (Lipinski definition) is 1. The first kappa shape index (κ1) is 28.1. The van der Waals surface area contributed by atoms with Gasteiger partial charge in [-0.2, -0.15) is 23.3 Å². The molecule has 216 valence electrons. The van der Waals surface area contributed by atoms with Crippen molar-refractivity contribution in [1.29, 1.82) is 0 Å². The fraction of sp³-hybridized carbons (Fsp3) is 0.786. The van der Waals surface area contributed by atoms with Crippen molar-refractivity contribution in [2.24, 2.45) is 17.8 Å². The van der Waals surface area contributed by atoms with E-state index in [1.807, 2.05) is 6.20 Å². The van der Waals surface area contributed by atoms with Gasteiger partial charge in [-0.3, -0.25) is 9.69 Å². The number of carbonyl (C=O) groups excluding carboxylic acids is 1. The normalized spacial score (nSPS) is 25.2. The summed E-state index contributed by atoms with van der Waals surface area (Å²) < 4.78 is 42.2. The number of aromatic nitrogens is 4. The minimum atomic E-state index is -4.34. The van der Waals surface area contributed by atoms with E-state index in [4.69, 9.17) is 15.1 Å². The van der Waals surface area contributed by atoms with Gasteiger partial charge in [0.1, 0.15) is 5.69 Å². The van der Waals surface area contributed by atoms with Gasteiger partial charge < -0.3 is 10.2 Å². The Bertz CT molecular complexity index is 1180. The van der Waals surface area contributed by atoms with Crippen molar-refractivity contribution in [2.75, 3.05) is 38.1 Å². The molecular weight excluding hydrogens is 507 g/mol. The summed E-state index contributed by atoms with van der Waals surface area (Å²) >= 11 is 0. The number of anilines is 1. The van der Waals surface area contributed by atoms with Crippen LogP contribution in [0.15, 0.2) is 6.20 Å². The van der Waals surface area contributed by atoms with Crippen LogP contribution in [0.25, 0.3) is 5.78 Å². The van der Waals surface area contributed by atoms with Crippen LogP contribution in [0.3, 0.4) is 0 Å². The second-order valence-electron chi connectivity index (χ2n) is 12.3. The van der Waals surface area contributed by atoms with E-state index in [9.17, 15) is 18.0 Å². The van der Waals surface area contributed by atoms with Crippen LogP contribution in [0, 0.1) is 17.8 Å². The third-order valence-electron chi connectivity index (χ3n) is 9.41. The van der Waals surface area contributed by atoms with Crippen LogP contribution in [0.2, 0.25) is 0 Å². The molecule has 2 aromatic rings. The molecule has 3 fully saturated rings. The number of hydrogen-bond acceptors (Lipinski definition) is 6. The number of amides is 1. The zero-order valence-corrected chi connectivity index (χ0v) is 23.6. The summed E-state index contributed by atoms with van der Waals surface area (Å²) in [6.07, 6.45) is 4.19. The van der Waals surface area contributed by atoms with Crippen molar-refractivity contribution < 1.29 is 18.0 Å². The SMILES string of the molecule is CCC(C)CCCC(C)c1cn2nc(C[C@H]3CC(C(F)(F)F)CNC3=O)c(N3CCN(C)C4(CC4)C3)nc2n1. The number of imidazole rings is 1. The number of halogens is 3. The Morgan fingerprint density at radius 3 is 2.64 bits per heavy atom. The molecule has 4 atom stereocenters. The van der Waals surface area contributed by atoms with Gasteiger partial charge in [-0.1, -0.05) is 40.0 Å². The van der Waals surface area contributed by atoms with Crippen LogP contribution in [-0.2, 0) is 11.2 Å². The molecule has 3 aliphatic rings. The second-order valence-corrected chi connectivity index (χ2v) is 12.3. The molecule has 5 rings (SSSR count). The molecule has 2 aromatic heterocycles. The topological polar surface area (TPSA) is 78.7 Å². The maximum absolute atomic E-state index is 13.5. The Balaban J connectivity index is 1.43. The Labute approximate surface area is 228 Å². The van der Waals surface area contributed by atoms with Crippen LogP contribution in [0.4, 0.5) is 19.0 Å². The van der Waals surface area contributed by atoms with Gasteiger partial charge in [0.15, 0.2) is 5.82 Å². The standard InChI is InChI=1S/C28H42F3N7O/c1-5-18(2)7-6-8-19(3)23-16-38-26(33-23)34-24(37-12-11-36(4)27(17-37)9-10-27)22(35-38)14-20-13-21(28(29,30)31)15-32-25(20)39/h16,18-21H,5-15,17H2,1-4H3,(H,32,39)/t18?,19?,20-,21?/m1/s1. The fourth-order valence-electron chi connectivity index (χ4n) is 6.10. The lowest BCUT2D eigenvalue weighted by Gasteiger charge is -2.41. The highest BCUT2D eigenvalue weighted by Gasteiger charge is 2.50. The molecule has 2 saturated heterocycles. The van der Waals surface area contributed by atoms with Gasteiger partial charge in [0, 0.05) is 50.0 Å². The number of piperidine rings is 1. The van der Waals surface area contributed by atoms with Crippen molar-refractivity contribution in [3.05, 3.63) is 17.6 Å². The van der Waals surface area contributed by atoms with Crippen LogP contribution in [0.1, 0.15) is 83.0 Å². The van der Waals surface area contributed by atoms with Crippen LogP contribution in [0.5, 0.6) is 0 Å². The van der Waals surface area contributed by atoms with E-state index in [0.717, 1.165) is 51.0 Å². The predicted octanol–water partition coefficient (Wildman–Crippen LogP) is 4.59. The number of likely N-dealkylation sites (N-methyl/N-ethyl adjacent to an activating group) is 1. The van der Waals surface area contributed by atoms with Gasteiger partial charge in [0.25, 0.3) is 5.78 Å². The molecule has 3 unspecified atom stereocenters. The number of alkyl halides is 3. The monoisotopic (exact) mass is 549 g/mol. The highest BCUT2D eigenvalue weighted by Crippen LogP contribution is 2.44. The number of rotatable bonds is 9. The highest BCUT2D eigenvalue weighted by molar-refractivity contribution is 5.80. The molecule has 4 heterocycles. The highest BCUT2D eigenvalue weighted by atomic mass is 19.4.